The Balaban J connectivity index is 1.24. The first kappa shape index (κ1) is 30.0. The van der Waals surface area contributed by atoms with Crippen LogP contribution in [0.5, 0.6) is 5.75 Å². The van der Waals surface area contributed by atoms with Gasteiger partial charge in [-0.1, -0.05) is 63.7 Å². The van der Waals surface area contributed by atoms with Crippen LogP contribution in [0.2, 0.25) is 0 Å². The molecule has 3 N–H and O–H groups in total. The highest BCUT2D eigenvalue weighted by Crippen LogP contribution is 2.29. The van der Waals surface area contributed by atoms with E-state index in [9.17, 15) is 14.4 Å². The number of nitrogens with zero attached hydrogens (tertiary/aromatic N) is 1. The normalized spacial score (nSPS) is 11.2. The molecule has 11 heteroatoms. The van der Waals surface area contributed by atoms with Gasteiger partial charge in [-0.05, 0) is 72.3 Å². The summed E-state index contributed by atoms with van der Waals surface area (Å²) in [5, 5.41) is 8.96. The number of benzene rings is 4. The molecule has 0 bridgehead atoms. The summed E-state index contributed by atoms with van der Waals surface area (Å²) < 4.78 is 7.01. The van der Waals surface area contributed by atoms with Crippen molar-refractivity contribution >= 4 is 83.9 Å². The molecule has 0 spiro atoms. The molecule has 5 rings (SSSR count). The lowest BCUT2D eigenvalue weighted by molar-refractivity contribution is -0.114. The molecule has 0 atom stereocenters. The number of carbonyl (C=O) groups is 3. The smallest absolute Gasteiger partial charge is 0.272 e. The summed E-state index contributed by atoms with van der Waals surface area (Å²) in [5.74, 6) is -0.215. The number of amides is 3. The van der Waals surface area contributed by atoms with E-state index >= 15 is 0 Å². The van der Waals surface area contributed by atoms with Crippen LogP contribution >= 0.6 is 39.0 Å². The number of carbonyl (C=O) groups excluding carboxylic acids is 3. The summed E-state index contributed by atoms with van der Waals surface area (Å²) in [6.45, 7) is 0. The number of rotatable bonds is 10. The van der Waals surface area contributed by atoms with Crippen LogP contribution in [0.3, 0.4) is 0 Å². The van der Waals surface area contributed by atoms with Gasteiger partial charge >= 0.3 is 0 Å². The molecule has 0 aliphatic heterocycles. The largest absolute Gasteiger partial charge is 0.497 e. The molecule has 3 amide bonds. The van der Waals surface area contributed by atoms with E-state index in [0.717, 1.165) is 30.9 Å². The first-order valence-electron chi connectivity index (χ1n) is 13.0. The average molecular weight is 674 g/mol. The number of aromatic nitrogens is 1. The molecule has 0 saturated carbocycles. The zero-order valence-electron chi connectivity index (χ0n) is 22.8. The van der Waals surface area contributed by atoms with Crippen LogP contribution in [0.25, 0.3) is 16.3 Å². The van der Waals surface area contributed by atoms with Gasteiger partial charge in [0.1, 0.15) is 11.4 Å². The minimum atomic E-state index is -0.489. The second-order valence-electron chi connectivity index (χ2n) is 9.10. The van der Waals surface area contributed by atoms with E-state index < -0.39 is 11.8 Å². The molecular formula is C32H25BrN4O4S2. The van der Waals surface area contributed by atoms with Crippen molar-refractivity contribution in [2.45, 2.75) is 4.90 Å². The highest BCUT2D eigenvalue weighted by molar-refractivity contribution is 9.10. The summed E-state index contributed by atoms with van der Waals surface area (Å²) in [6.07, 6.45) is 1.61. The maximum atomic E-state index is 13.4. The topological polar surface area (TPSA) is 109 Å². The van der Waals surface area contributed by atoms with Crippen LogP contribution in [0, 0.1) is 0 Å². The van der Waals surface area contributed by atoms with Crippen LogP contribution in [0.4, 0.5) is 10.8 Å². The number of thiazole rings is 1. The number of methoxy groups -OCH3 is 1. The van der Waals surface area contributed by atoms with Crippen molar-refractivity contribution in [2.24, 2.45) is 0 Å². The predicted octanol–water partition coefficient (Wildman–Crippen LogP) is 7.21. The van der Waals surface area contributed by atoms with Gasteiger partial charge in [0.15, 0.2) is 5.13 Å². The van der Waals surface area contributed by atoms with Gasteiger partial charge in [0.05, 0.1) is 23.1 Å². The summed E-state index contributed by atoms with van der Waals surface area (Å²) in [6, 6.07) is 28.8. The lowest BCUT2D eigenvalue weighted by Crippen LogP contribution is -2.30. The van der Waals surface area contributed by atoms with Crippen molar-refractivity contribution in [3.05, 3.63) is 118 Å². The van der Waals surface area contributed by atoms with E-state index in [4.69, 9.17) is 4.74 Å². The van der Waals surface area contributed by atoms with Crippen LogP contribution in [0.15, 0.2) is 112 Å². The molecular weight excluding hydrogens is 648 g/mol. The lowest BCUT2D eigenvalue weighted by atomic mass is 10.1. The molecule has 0 saturated heterocycles. The van der Waals surface area contributed by atoms with Gasteiger partial charge in [-0.3, -0.25) is 14.4 Å². The molecule has 0 aliphatic rings. The quantitative estimate of drug-likeness (QED) is 0.107. The zero-order chi connectivity index (χ0) is 30.2. The highest BCUT2D eigenvalue weighted by atomic mass is 79.9. The number of fused-ring (bicyclic) bond motifs is 1. The monoisotopic (exact) mass is 672 g/mol. The van der Waals surface area contributed by atoms with Crippen molar-refractivity contribution < 1.29 is 19.1 Å². The van der Waals surface area contributed by atoms with E-state index in [0.29, 0.717) is 16.4 Å². The Morgan fingerprint density at radius 3 is 2.53 bits per heavy atom. The molecule has 5 aromatic rings. The molecule has 0 fully saturated rings. The molecule has 216 valence electrons. The summed E-state index contributed by atoms with van der Waals surface area (Å²) >= 11 is 6.14. The van der Waals surface area contributed by atoms with Gasteiger partial charge in [-0.25, -0.2) is 4.98 Å². The average Bonchev–Trinajstić information content (AvgIpc) is 3.41. The van der Waals surface area contributed by atoms with Crippen molar-refractivity contribution in [3.8, 4) is 5.75 Å². The predicted molar refractivity (Wildman–Crippen MR) is 177 cm³/mol. The fraction of sp³-hybridized carbons (Fsp3) is 0.0625. The van der Waals surface area contributed by atoms with Crippen molar-refractivity contribution in [1.82, 2.24) is 10.3 Å². The number of anilines is 2. The second-order valence-corrected chi connectivity index (χ2v) is 12.1. The maximum absolute atomic E-state index is 13.4. The Bertz CT molecular complexity index is 1830. The zero-order valence-corrected chi connectivity index (χ0v) is 26.0. The van der Waals surface area contributed by atoms with E-state index in [1.165, 1.54) is 23.1 Å². The third kappa shape index (κ3) is 8.31. The Morgan fingerprint density at radius 1 is 0.930 bits per heavy atom. The lowest BCUT2D eigenvalue weighted by Gasteiger charge is -2.12. The number of hydrogen-bond acceptors (Lipinski definition) is 7. The highest BCUT2D eigenvalue weighted by Gasteiger charge is 2.16. The first-order chi connectivity index (χ1) is 20.9. The fourth-order valence-electron chi connectivity index (χ4n) is 3.96. The number of halogens is 1. The van der Waals surface area contributed by atoms with Crippen molar-refractivity contribution in [1.29, 1.82) is 0 Å². The van der Waals surface area contributed by atoms with E-state index in [-0.39, 0.29) is 17.4 Å². The van der Waals surface area contributed by atoms with Gasteiger partial charge in [0.2, 0.25) is 5.91 Å². The van der Waals surface area contributed by atoms with Gasteiger partial charge in [0, 0.05) is 20.6 Å². The maximum Gasteiger partial charge on any atom is 0.272 e. The van der Waals surface area contributed by atoms with Gasteiger partial charge in [0.25, 0.3) is 11.8 Å². The number of nitrogens with one attached hydrogen (secondary N) is 3. The Labute approximate surface area is 264 Å². The molecule has 0 unspecified atom stereocenters. The number of ether oxygens (including phenoxy) is 1. The van der Waals surface area contributed by atoms with E-state index in [1.54, 1.807) is 55.7 Å². The van der Waals surface area contributed by atoms with Crippen LogP contribution < -0.4 is 20.7 Å². The first-order valence-corrected chi connectivity index (χ1v) is 15.6. The third-order valence-corrected chi connectivity index (χ3v) is 8.41. The van der Waals surface area contributed by atoms with E-state index in [1.807, 2.05) is 54.6 Å². The van der Waals surface area contributed by atoms with Gasteiger partial charge < -0.3 is 20.7 Å². The summed E-state index contributed by atoms with van der Waals surface area (Å²) in [7, 11) is 1.60. The fourth-order valence-corrected chi connectivity index (χ4v) is 6.04. The number of thioether (sulfide) groups is 1. The molecule has 8 nitrogen and oxygen atoms in total. The van der Waals surface area contributed by atoms with Crippen molar-refractivity contribution in [3.63, 3.8) is 0 Å². The second kappa shape index (κ2) is 14.1. The molecule has 1 aromatic heterocycles. The molecule has 1 heterocycles. The standard InChI is InChI=1S/C32H25BrN4O4S2/c1-41-24-13-14-26-28(18-24)43-32(36-26)37-29(38)19-42-25-12-6-11-23(17-25)34-31(40)27(16-20-7-5-10-22(33)15-20)35-30(39)21-8-3-2-4-9-21/h2-18H,19H2,1H3,(H,34,40)(H,35,39)(H,36,37,38)/b27-16+. The van der Waals surface area contributed by atoms with Gasteiger partial charge in [-0.2, -0.15) is 0 Å². The SMILES string of the molecule is COc1ccc2nc(NC(=O)CSc3cccc(NC(=O)/C(=C\c4cccc(Br)c4)NC(=O)c4ccccc4)c3)sc2c1. The number of hydrogen-bond donors (Lipinski definition) is 3. The molecule has 4 aromatic carbocycles. The van der Waals surface area contributed by atoms with Crippen LogP contribution in [0.1, 0.15) is 15.9 Å². The molecule has 43 heavy (non-hydrogen) atoms. The van der Waals surface area contributed by atoms with E-state index in [2.05, 4.69) is 36.9 Å². The Kier molecular flexibility index (Phi) is 9.88. The van der Waals surface area contributed by atoms with Crippen LogP contribution in [-0.2, 0) is 9.59 Å². The molecule has 0 radical (unpaired) electrons. The Morgan fingerprint density at radius 2 is 1.74 bits per heavy atom. The third-order valence-electron chi connectivity index (χ3n) is 5.99. The summed E-state index contributed by atoms with van der Waals surface area (Å²) in [4.78, 5) is 44.2. The van der Waals surface area contributed by atoms with Crippen molar-refractivity contribution in [2.75, 3.05) is 23.5 Å². The Hall–Kier alpha value is -4.45. The van der Waals surface area contributed by atoms with Gasteiger partial charge in [-0.15, -0.1) is 11.8 Å². The van der Waals surface area contributed by atoms with Crippen LogP contribution in [-0.4, -0.2) is 35.6 Å². The molecule has 0 aliphatic carbocycles. The minimum absolute atomic E-state index is 0.0813. The summed E-state index contributed by atoms with van der Waals surface area (Å²) in [5.41, 5.74) is 2.54. The minimum Gasteiger partial charge on any atom is -0.497 e.